The van der Waals surface area contributed by atoms with E-state index in [1.54, 1.807) is 0 Å². The molecule has 1 fully saturated rings. The van der Waals surface area contributed by atoms with Crippen LogP contribution in [-0.2, 0) is 11.2 Å². The van der Waals surface area contributed by atoms with Crippen molar-refractivity contribution in [1.29, 1.82) is 0 Å². The second-order valence-corrected chi connectivity index (χ2v) is 4.65. The van der Waals surface area contributed by atoms with Crippen LogP contribution in [0.3, 0.4) is 0 Å². The van der Waals surface area contributed by atoms with Gasteiger partial charge in [-0.3, -0.25) is 4.79 Å². The van der Waals surface area contributed by atoms with E-state index in [2.05, 4.69) is 12.2 Å². The molecule has 0 aliphatic carbocycles. The predicted octanol–water partition coefficient (Wildman–Crippen LogP) is 2.19. The lowest BCUT2D eigenvalue weighted by molar-refractivity contribution is -0.127. The Bertz CT molecular complexity index is 352. The topological polar surface area (TPSA) is 29.1 Å². The molecule has 1 heterocycles. The largest absolute Gasteiger partial charge is 0.316 e. The Morgan fingerprint density at radius 2 is 2.12 bits per heavy atom. The molecule has 86 valence electrons. The van der Waals surface area contributed by atoms with E-state index in [1.807, 2.05) is 30.3 Å². The SMILES string of the molecule is CCC1(C(=O)Cc2ccccc2)CCNC1. The first-order valence-electron chi connectivity index (χ1n) is 6.05. The second kappa shape index (κ2) is 4.79. The van der Waals surface area contributed by atoms with Crippen molar-refractivity contribution in [2.24, 2.45) is 5.41 Å². The fourth-order valence-electron chi connectivity index (χ4n) is 2.45. The molecule has 16 heavy (non-hydrogen) atoms. The highest BCUT2D eigenvalue weighted by Crippen LogP contribution is 2.31. The Kier molecular flexibility index (Phi) is 3.39. The molecule has 2 nitrogen and oxygen atoms in total. The van der Waals surface area contributed by atoms with E-state index in [9.17, 15) is 4.79 Å². The van der Waals surface area contributed by atoms with Gasteiger partial charge in [0.25, 0.3) is 0 Å². The van der Waals surface area contributed by atoms with Crippen LogP contribution >= 0.6 is 0 Å². The van der Waals surface area contributed by atoms with E-state index in [4.69, 9.17) is 0 Å². The first kappa shape index (κ1) is 11.3. The van der Waals surface area contributed by atoms with Crippen molar-refractivity contribution >= 4 is 5.78 Å². The highest BCUT2D eigenvalue weighted by Gasteiger charge is 2.38. The lowest BCUT2D eigenvalue weighted by Crippen LogP contribution is -2.34. The molecule has 1 aromatic carbocycles. The maximum absolute atomic E-state index is 12.3. The van der Waals surface area contributed by atoms with Crippen LogP contribution in [0.25, 0.3) is 0 Å². The average Bonchev–Trinajstić information content (AvgIpc) is 2.80. The Balaban J connectivity index is 2.07. The third-order valence-corrected chi connectivity index (χ3v) is 3.72. The van der Waals surface area contributed by atoms with Crippen LogP contribution in [-0.4, -0.2) is 18.9 Å². The second-order valence-electron chi connectivity index (χ2n) is 4.65. The van der Waals surface area contributed by atoms with E-state index >= 15 is 0 Å². The zero-order valence-electron chi connectivity index (χ0n) is 9.83. The van der Waals surface area contributed by atoms with Crippen molar-refractivity contribution in [3.63, 3.8) is 0 Å². The first-order valence-corrected chi connectivity index (χ1v) is 6.05. The number of benzene rings is 1. The minimum Gasteiger partial charge on any atom is -0.316 e. The number of ketones is 1. The summed E-state index contributed by atoms with van der Waals surface area (Å²) in [6.07, 6.45) is 2.52. The summed E-state index contributed by atoms with van der Waals surface area (Å²) in [5.74, 6) is 0.395. The highest BCUT2D eigenvalue weighted by molar-refractivity contribution is 5.87. The van der Waals surface area contributed by atoms with E-state index in [-0.39, 0.29) is 5.41 Å². The summed E-state index contributed by atoms with van der Waals surface area (Å²) >= 11 is 0. The van der Waals surface area contributed by atoms with Crippen LogP contribution in [0, 0.1) is 5.41 Å². The van der Waals surface area contributed by atoms with Crippen molar-refractivity contribution < 1.29 is 4.79 Å². The molecular weight excluding hydrogens is 198 g/mol. The molecule has 0 saturated carbocycles. The standard InChI is InChI=1S/C14H19NO/c1-2-14(8-9-15-11-14)13(16)10-12-6-4-3-5-7-12/h3-7,15H,2,8-11H2,1H3. The number of carbonyl (C=O) groups excluding carboxylic acids is 1. The maximum atomic E-state index is 12.3. The Morgan fingerprint density at radius 1 is 1.38 bits per heavy atom. The van der Waals surface area contributed by atoms with E-state index < -0.39 is 0 Å². The third kappa shape index (κ3) is 2.17. The number of nitrogens with one attached hydrogen (secondary N) is 1. The maximum Gasteiger partial charge on any atom is 0.144 e. The smallest absolute Gasteiger partial charge is 0.144 e. The van der Waals surface area contributed by atoms with Crippen molar-refractivity contribution in [3.8, 4) is 0 Å². The molecule has 0 amide bonds. The number of hydrogen-bond donors (Lipinski definition) is 1. The third-order valence-electron chi connectivity index (χ3n) is 3.72. The van der Waals surface area contributed by atoms with Crippen LogP contribution in [0.4, 0.5) is 0 Å². The van der Waals surface area contributed by atoms with Crippen LogP contribution in [0.2, 0.25) is 0 Å². The summed E-state index contributed by atoms with van der Waals surface area (Å²) in [4.78, 5) is 12.3. The Morgan fingerprint density at radius 3 is 2.69 bits per heavy atom. The van der Waals surface area contributed by atoms with Gasteiger partial charge in [0.05, 0.1) is 0 Å². The summed E-state index contributed by atoms with van der Waals surface area (Å²) in [5, 5.41) is 3.31. The minimum atomic E-state index is -0.101. The molecule has 2 heteroatoms. The molecule has 0 spiro atoms. The lowest BCUT2D eigenvalue weighted by atomic mass is 9.78. The van der Waals surface area contributed by atoms with E-state index in [0.29, 0.717) is 12.2 Å². The molecule has 1 aromatic rings. The van der Waals surface area contributed by atoms with Gasteiger partial charge in [0, 0.05) is 18.4 Å². The minimum absolute atomic E-state index is 0.101. The summed E-state index contributed by atoms with van der Waals surface area (Å²) in [7, 11) is 0. The molecule has 0 bridgehead atoms. The van der Waals surface area contributed by atoms with Gasteiger partial charge < -0.3 is 5.32 Å². The molecule has 0 radical (unpaired) electrons. The zero-order chi connectivity index (χ0) is 11.4. The molecule has 1 aliphatic heterocycles. The van der Waals surface area contributed by atoms with Gasteiger partial charge in [-0.15, -0.1) is 0 Å². The van der Waals surface area contributed by atoms with Crippen molar-refractivity contribution in [3.05, 3.63) is 35.9 Å². The number of carbonyl (C=O) groups is 1. The van der Waals surface area contributed by atoms with Crippen molar-refractivity contribution in [2.75, 3.05) is 13.1 Å². The highest BCUT2D eigenvalue weighted by atomic mass is 16.1. The number of rotatable bonds is 4. The molecule has 1 aliphatic rings. The fraction of sp³-hybridized carbons (Fsp3) is 0.500. The molecule has 1 saturated heterocycles. The summed E-state index contributed by atoms with van der Waals surface area (Å²) in [6.45, 7) is 3.96. The van der Waals surface area contributed by atoms with Gasteiger partial charge in [-0.1, -0.05) is 37.3 Å². The summed E-state index contributed by atoms with van der Waals surface area (Å²) < 4.78 is 0. The molecular formula is C14H19NO. The van der Waals surface area contributed by atoms with Gasteiger partial charge in [0.15, 0.2) is 0 Å². The van der Waals surface area contributed by atoms with Gasteiger partial charge in [-0.05, 0) is 24.9 Å². The average molecular weight is 217 g/mol. The van der Waals surface area contributed by atoms with Gasteiger partial charge >= 0.3 is 0 Å². The van der Waals surface area contributed by atoms with E-state index in [0.717, 1.165) is 31.5 Å². The molecule has 2 rings (SSSR count). The molecule has 1 atom stereocenters. The van der Waals surface area contributed by atoms with Crippen LogP contribution in [0.5, 0.6) is 0 Å². The summed E-state index contributed by atoms with van der Waals surface area (Å²) in [6, 6.07) is 10.0. The molecule has 1 unspecified atom stereocenters. The van der Waals surface area contributed by atoms with Crippen molar-refractivity contribution in [2.45, 2.75) is 26.2 Å². The monoisotopic (exact) mass is 217 g/mol. The molecule has 0 aromatic heterocycles. The van der Waals surface area contributed by atoms with Crippen LogP contribution < -0.4 is 5.32 Å². The fourth-order valence-corrected chi connectivity index (χ4v) is 2.45. The van der Waals surface area contributed by atoms with Gasteiger partial charge in [-0.2, -0.15) is 0 Å². The summed E-state index contributed by atoms with van der Waals surface area (Å²) in [5.41, 5.74) is 1.03. The number of hydrogen-bond acceptors (Lipinski definition) is 2. The van der Waals surface area contributed by atoms with Crippen LogP contribution in [0.1, 0.15) is 25.3 Å². The first-order chi connectivity index (χ1) is 7.77. The molecule has 1 N–H and O–H groups in total. The van der Waals surface area contributed by atoms with Gasteiger partial charge in [0.1, 0.15) is 5.78 Å². The van der Waals surface area contributed by atoms with Gasteiger partial charge in [0.2, 0.25) is 0 Å². The van der Waals surface area contributed by atoms with Gasteiger partial charge in [-0.25, -0.2) is 0 Å². The number of Topliss-reactive ketones (excluding diaryl/α,β-unsaturated/α-hetero) is 1. The normalized spacial score (nSPS) is 24.6. The van der Waals surface area contributed by atoms with Crippen LogP contribution in [0.15, 0.2) is 30.3 Å². The quantitative estimate of drug-likeness (QED) is 0.837. The van der Waals surface area contributed by atoms with Crippen molar-refractivity contribution in [1.82, 2.24) is 5.32 Å². The Labute approximate surface area is 97.1 Å². The van der Waals surface area contributed by atoms with E-state index in [1.165, 1.54) is 0 Å². The predicted molar refractivity (Wildman–Crippen MR) is 65.4 cm³/mol. The zero-order valence-corrected chi connectivity index (χ0v) is 9.83. The Hall–Kier alpha value is -1.15. The lowest BCUT2D eigenvalue weighted by Gasteiger charge is -2.24.